The maximum absolute atomic E-state index is 12.6. The van der Waals surface area contributed by atoms with Crippen LogP contribution in [0.1, 0.15) is 44.1 Å². The number of rotatable bonds is 5. The molecule has 2 heterocycles. The minimum Gasteiger partial charge on any atom is -0.457 e. The molecule has 1 aromatic heterocycles. The molecule has 7 heteroatoms. The standard InChI is InChI=1S/C23H21ClN2O3S/c1-15-20(30-21(25-15)18-5-4-6-19(24)13-18)23(28)29-14-16-7-9-17(10-8-16)22(27)26-11-2-3-12-26/h4-10,13H,2-3,11-12,14H2,1H3. The normalized spacial score (nSPS) is 13.5. The van der Waals surface area contributed by atoms with Crippen molar-refractivity contribution in [1.29, 1.82) is 0 Å². The van der Waals surface area contributed by atoms with E-state index in [-0.39, 0.29) is 12.5 Å². The van der Waals surface area contributed by atoms with Crippen molar-refractivity contribution in [3.8, 4) is 10.6 Å². The summed E-state index contributed by atoms with van der Waals surface area (Å²) >= 11 is 7.34. The molecule has 0 radical (unpaired) electrons. The van der Waals surface area contributed by atoms with Crippen LogP contribution in [0, 0.1) is 6.92 Å². The lowest BCUT2D eigenvalue weighted by atomic mass is 10.1. The van der Waals surface area contributed by atoms with Gasteiger partial charge in [-0.25, -0.2) is 9.78 Å². The molecule has 0 unspecified atom stereocenters. The third kappa shape index (κ3) is 4.55. The van der Waals surface area contributed by atoms with Gasteiger partial charge < -0.3 is 9.64 Å². The number of amides is 1. The lowest BCUT2D eigenvalue weighted by Crippen LogP contribution is -2.27. The van der Waals surface area contributed by atoms with Crippen LogP contribution in [0.3, 0.4) is 0 Å². The number of halogens is 1. The van der Waals surface area contributed by atoms with Crippen LogP contribution in [0.4, 0.5) is 0 Å². The number of hydrogen-bond donors (Lipinski definition) is 0. The van der Waals surface area contributed by atoms with Gasteiger partial charge in [-0.1, -0.05) is 35.9 Å². The minimum atomic E-state index is -0.407. The van der Waals surface area contributed by atoms with E-state index < -0.39 is 5.97 Å². The number of benzene rings is 2. The molecule has 1 aliphatic rings. The molecule has 0 saturated carbocycles. The van der Waals surface area contributed by atoms with Gasteiger partial charge in [0, 0.05) is 29.2 Å². The van der Waals surface area contributed by atoms with Gasteiger partial charge in [0.15, 0.2) is 0 Å². The summed E-state index contributed by atoms with van der Waals surface area (Å²) in [7, 11) is 0. The topological polar surface area (TPSA) is 59.5 Å². The van der Waals surface area contributed by atoms with E-state index in [1.807, 2.05) is 35.2 Å². The summed E-state index contributed by atoms with van der Waals surface area (Å²) in [6, 6.07) is 14.6. The molecule has 0 atom stereocenters. The monoisotopic (exact) mass is 440 g/mol. The Morgan fingerprint density at radius 1 is 1.13 bits per heavy atom. The van der Waals surface area contributed by atoms with Crippen LogP contribution >= 0.6 is 22.9 Å². The molecule has 2 aromatic carbocycles. The first-order chi connectivity index (χ1) is 14.5. The number of aromatic nitrogens is 1. The Kier molecular flexibility index (Phi) is 6.16. The van der Waals surface area contributed by atoms with Crippen molar-refractivity contribution in [2.75, 3.05) is 13.1 Å². The van der Waals surface area contributed by atoms with E-state index in [4.69, 9.17) is 16.3 Å². The van der Waals surface area contributed by atoms with Crippen molar-refractivity contribution in [2.45, 2.75) is 26.4 Å². The molecule has 30 heavy (non-hydrogen) atoms. The number of esters is 1. The summed E-state index contributed by atoms with van der Waals surface area (Å²) in [6.45, 7) is 3.58. The molecule has 0 aliphatic carbocycles. The molecular weight excluding hydrogens is 420 g/mol. The molecular formula is C23H21ClN2O3S. The Balaban J connectivity index is 1.39. The summed E-state index contributed by atoms with van der Waals surface area (Å²) in [5.74, 6) is -0.347. The Morgan fingerprint density at radius 2 is 1.87 bits per heavy atom. The fourth-order valence-electron chi connectivity index (χ4n) is 3.39. The van der Waals surface area contributed by atoms with E-state index in [2.05, 4.69) is 4.98 Å². The fourth-order valence-corrected chi connectivity index (χ4v) is 4.54. The second-order valence-electron chi connectivity index (χ2n) is 7.22. The van der Waals surface area contributed by atoms with E-state index in [0.717, 1.165) is 42.1 Å². The Labute approximate surface area is 184 Å². The van der Waals surface area contributed by atoms with Gasteiger partial charge in [-0.3, -0.25) is 4.79 Å². The van der Waals surface area contributed by atoms with Gasteiger partial charge in [-0.05, 0) is 49.6 Å². The SMILES string of the molecule is Cc1nc(-c2cccc(Cl)c2)sc1C(=O)OCc1ccc(C(=O)N2CCCC2)cc1. The molecule has 3 aromatic rings. The van der Waals surface area contributed by atoms with Gasteiger partial charge >= 0.3 is 5.97 Å². The first kappa shape index (κ1) is 20.6. The zero-order chi connectivity index (χ0) is 21.1. The van der Waals surface area contributed by atoms with Crippen LogP contribution in [0.5, 0.6) is 0 Å². The zero-order valence-corrected chi connectivity index (χ0v) is 18.1. The highest BCUT2D eigenvalue weighted by molar-refractivity contribution is 7.17. The number of hydrogen-bond acceptors (Lipinski definition) is 5. The average Bonchev–Trinajstić information content (AvgIpc) is 3.42. The summed E-state index contributed by atoms with van der Waals surface area (Å²) in [5.41, 5.74) is 2.99. The quantitative estimate of drug-likeness (QED) is 0.501. The molecule has 0 spiro atoms. The van der Waals surface area contributed by atoms with E-state index in [1.54, 1.807) is 25.1 Å². The molecule has 1 aliphatic heterocycles. The smallest absolute Gasteiger partial charge is 0.350 e. The highest BCUT2D eigenvalue weighted by Gasteiger charge is 2.20. The number of nitrogens with zero attached hydrogens (tertiary/aromatic N) is 2. The third-order valence-electron chi connectivity index (χ3n) is 5.02. The zero-order valence-electron chi connectivity index (χ0n) is 16.6. The molecule has 0 N–H and O–H groups in total. The van der Waals surface area contributed by atoms with Crippen molar-refractivity contribution in [1.82, 2.24) is 9.88 Å². The second-order valence-corrected chi connectivity index (χ2v) is 8.65. The van der Waals surface area contributed by atoms with Gasteiger partial charge in [-0.2, -0.15) is 0 Å². The Hall–Kier alpha value is -2.70. The first-order valence-electron chi connectivity index (χ1n) is 9.80. The van der Waals surface area contributed by atoms with Crippen molar-refractivity contribution in [3.63, 3.8) is 0 Å². The largest absolute Gasteiger partial charge is 0.457 e. The van der Waals surface area contributed by atoms with Crippen molar-refractivity contribution in [3.05, 3.63) is 75.3 Å². The molecule has 1 saturated heterocycles. The number of carbonyl (C=O) groups excluding carboxylic acids is 2. The van der Waals surface area contributed by atoms with Crippen molar-refractivity contribution in [2.24, 2.45) is 0 Å². The van der Waals surface area contributed by atoms with Crippen LogP contribution in [0.15, 0.2) is 48.5 Å². The van der Waals surface area contributed by atoms with E-state index in [9.17, 15) is 9.59 Å². The maximum Gasteiger partial charge on any atom is 0.350 e. The van der Waals surface area contributed by atoms with Crippen LogP contribution < -0.4 is 0 Å². The van der Waals surface area contributed by atoms with Gasteiger partial charge in [0.1, 0.15) is 16.5 Å². The summed E-state index contributed by atoms with van der Waals surface area (Å²) < 4.78 is 5.48. The Bertz CT molecular complexity index is 1070. The molecule has 4 rings (SSSR count). The molecule has 1 amide bonds. The van der Waals surface area contributed by atoms with Gasteiger partial charge in [0.25, 0.3) is 5.91 Å². The lowest BCUT2D eigenvalue weighted by molar-refractivity contribution is 0.0477. The minimum absolute atomic E-state index is 0.0601. The van der Waals surface area contributed by atoms with Crippen molar-refractivity contribution >= 4 is 34.8 Å². The van der Waals surface area contributed by atoms with Crippen LogP contribution in [0.2, 0.25) is 5.02 Å². The summed E-state index contributed by atoms with van der Waals surface area (Å²) in [6.07, 6.45) is 2.13. The summed E-state index contributed by atoms with van der Waals surface area (Å²) in [4.78, 5) is 31.8. The van der Waals surface area contributed by atoms with E-state index >= 15 is 0 Å². The lowest BCUT2D eigenvalue weighted by Gasteiger charge is -2.15. The van der Waals surface area contributed by atoms with Gasteiger partial charge in [0.05, 0.1) is 5.69 Å². The third-order valence-corrected chi connectivity index (χ3v) is 6.44. The first-order valence-corrected chi connectivity index (χ1v) is 11.0. The van der Waals surface area contributed by atoms with Gasteiger partial charge in [-0.15, -0.1) is 11.3 Å². The molecule has 1 fully saturated rings. The van der Waals surface area contributed by atoms with Crippen LogP contribution in [-0.4, -0.2) is 34.8 Å². The van der Waals surface area contributed by atoms with E-state index in [1.165, 1.54) is 11.3 Å². The highest BCUT2D eigenvalue weighted by atomic mass is 35.5. The maximum atomic E-state index is 12.6. The number of thiazole rings is 1. The second kappa shape index (κ2) is 8.98. The molecule has 0 bridgehead atoms. The predicted molar refractivity (Wildman–Crippen MR) is 118 cm³/mol. The number of carbonyl (C=O) groups is 2. The van der Waals surface area contributed by atoms with Crippen LogP contribution in [0.25, 0.3) is 10.6 Å². The average molecular weight is 441 g/mol. The van der Waals surface area contributed by atoms with E-state index in [0.29, 0.717) is 21.2 Å². The predicted octanol–water partition coefficient (Wildman–Crippen LogP) is 5.36. The fraction of sp³-hybridized carbons (Fsp3) is 0.261. The molecule has 154 valence electrons. The van der Waals surface area contributed by atoms with Crippen LogP contribution in [-0.2, 0) is 11.3 Å². The van der Waals surface area contributed by atoms with Crippen molar-refractivity contribution < 1.29 is 14.3 Å². The summed E-state index contributed by atoms with van der Waals surface area (Å²) in [5, 5.41) is 1.35. The Morgan fingerprint density at radius 3 is 2.57 bits per heavy atom. The number of likely N-dealkylation sites (tertiary alicyclic amines) is 1. The number of aryl methyl sites for hydroxylation is 1. The highest BCUT2D eigenvalue weighted by Crippen LogP contribution is 2.30. The van der Waals surface area contributed by atoms with Gasteiger partial charge in [0.2, 0.25) is 0 Å². The molecule has 5 nitrogen and oxygen atoms in total. The number of ether oxygens (including phenoxy) is 1.